The monoisotopic (exact) mass is 244 g/mol. The SMILES string of the molecule is Cc1ccc2c(c1)nc(N)n2C1CCN(C)C1=O. The highest BCUT2D eigenvalue weighted by atomic mass is 16.2. The Hall–Kier alpha value is -2.04. The number of carbonyl (C=O) groups excluding carboxylic acids is 1. The molecule has 2 aromatic rings. The molecule has 1 aliphatic heterocycles. The highest BCUT2D eigenvalue weighted by Crippen LogP contribution is 2.29. The van der Waals surface area contributed by atoms with E-state index in [2.05, 4.69) is 4.98 Å². The molecule has 2 N–H and O–H groups in total. The number of hydrogen-bond donors (Lipinski definition) is 1. The van der Waals surface area contributed by atoms with Crippen LogP contribution >= 0.6 is 0 Å². The van der Waals surface area contributed by atoms with Crippen molar-refractivity contribution in [3.8, 4) is 0 Å². The molecule has 0 spiro atoms. The summed E-state index contributed by atoms with van der Waals surface area (Å²) in [5.74, 6) is 0.533. The van der Waals surface area contributed by atoms with E-state index in [1.807, 2.05) is 36.7 Å². The van der Waals surface area contributed by atoms with E-state index < -0.39 is 0 Å². The molecule has 1 amide bonds. The molecule has 5 heteroatoms. The molecule has 1 aromatic carbocycles. The van der Waals surface area contributed by atoms with E-state index in [0.29, 0.717) is 5.95 Å². The molecule has 18 heavy (non-hydrogen) atoms. The number of imidazole rings is 1. The molecule has 1 unspecified atom stereocenters. The van der Waals surface area contributed by atoms with Gasteiger partial charge in [0, 0.05) is 13.6 Å². The molecule has 3 rings (SSSR count). The van der Waals surface area contributed by atoms with Crippen molar-refractivity contribution < 1.29 is 4.79 Å². The molecular formula is C13H16N4O. The Bertz CT molecular complexity index is 631. The van der Waals surface area contributed by atoms with Gasteiger partial charge < -0.3 is 10.6 Å². The van der Waals surface area contributed by atoms with Crippen LogP contribution in [0, 0.1) is 6.92 Å². The summed E-state index contributed by atoms with van der Waals surface area (Å²) in [5.41, 5.74) is 8.91. The number of nitrogen functional groups attached to an aromatic ring is 1. The molecule has 1 fully saturated rings. The molecule has 1 saturated heterocycles. The van der Waals surface area contributed by atoms with Crippen molar-refractivity contribution in [1.82, 2.24) is 14.5 Å². The van der Waals surface area contributed by atoms with E-state index in [1.165, 1.54) is 0 Å². The van der Waals surface area contributed by atoms with Gasteiger partial charge in [-0.1, -0.05) is 6.07 Å². The van der Waals surface area contributed by atoms with Crippen molar-refractivity contribution in [2.75, 3.05) is 19.3 Å². The molecule has 1 atom stereocenters. The number of likely N-dealkylation sites (N-methyl/N-ethyl adjacent to an activating group) is 1. The first-order valence-corrected chi connectivity index (χ1v) is 6.07. The summed E-state index contributed by atoms with van der Waals surface area (Å²) in [5, 5.41) is 0. The lowest BCUT2D eigenvalue weighted by Crippen LogP contribution is -2.25. The van der Waals surface area contributed by atoms with Gasteiger partial charge in [0.15, 0.2) is 0 Å². The minimum atomic E-state index is -0.206. The van der Waals surface area contributed by atoms with Crippen LogP contribution in [-0.2, 0) is 4.79 Å². The number of hydrogen-bond acceptors (Lipinski definition) is 3. The van der Waals surface area contributed by atoms with E-state index in [0.717, 1.165) is 29.6 Å². The summed E-state index contributed by atoms with van der Waals surface area (Å²) >= 11 is 0. The van der Waals surface area contributed by atoms with Gasteiger partial charge in [-0.05, 0) is 31.0 Å². The molecule has 0 aliphatic carbocycles. The molecular weight excluding hydrogens is 228 g/mol. The molecule has 5 nitrogen and oxygen atoms in total. The third kappa shape index (κ3) is 1.47. The number of aromatic nitrogens is 2. The van der Waals surface area contributed by atoms with Gasteiger partial charge in [-0.25, -0.2) is 4.98 Å². The van der Waals surface area contributed by atoms with Gasteiger partial charge in [-0.3, -0.25) is 9.36 Å². The summed E-state index contributed by atoms with van der Waals surface area (Å²) in [6.07, 6.45) is 0.791. The van der Waals surface area contributed by atoms with Gasteiger partial charge in [0.1, 0.15) is 6.04 Å². The maximum atomic E-state index is 12.1. The average molecular weight is 244 g/mol. The van der Waals surface area contributed by atoms with Gasteiger partial charge in [-0.2, -0.15) is 0 Å². The Morgan fingerprint density at radius 2 is 2.22 bits per heavy atom. The average Bonchev–Trinajstić information content (AvgIpc) is 2.80. The lowest BCUT2D eigenvalue weighted by atomic mass is 10.2. The lowest BCUT2D eigenvalue weighted by molar-refractivity contribution is -0.129. The van der Waals surface area contributed by atoms with Gasteiger partial charge in [0.25, 0.3) is 0 Å². The van der Waals surface area contributed by atoms with Crippen molar-refractivity contribution in [1.29, 1.82) is 0 Å². The third-order valence-electron chi connectivity index (χ3n) is 3.58. The van der Waals surface area contributed by atoms with E-state index >= 15 is 0 Å². The number of carbonyl (C=O) groups is 1. The number of aryl methyl sites for hydroxylation is 1. The van der Waals surface area contributed by atoms with Crippen molar-refractivity contribution in [2.24, 2.45) is 0 Å². The van der Waals surface area contributed by atoms with Gasteiger partial charge in [0.2, 0.25) is 11.9 Å². The minimum absolute atomic E-state index is 0.113. The Morgan fingerprint density at radius 3 is 2.89 bits per heavy atom. The quantitative estimate of drug-likeness (QED) is 0.823. The van der Waals surface area contributed by atoms with E-state index in [9.17, 15) is 4.79 Å². The summed E-state index contributed by atoms with van der Waals surface area (Å²) in [7, 11) is 1.82. The van der Waals surface area contributed by atoms with Crippen LogP contribution in [0.25, 0.3) is 11.0 Å². The fraction of sp³-hybridized carbons (Fsp3) is 0.385. The number of nitrogens with zero attached hydrogens (tertiary/aromatic N) is 3. The number of anilines is 1. The van der Waals surface area contributed by atoms with Crippen LogP contribution in [0.4, 0.5) is 5.95 Å². The number of fused-ring (bicyclic) bond motifs is 1. The van der Waals surface area contributed by atoms with Crippen LogP contribution in [0.5, 0.6) is 0 Å². The molecule has 0 saturated carbocycles. The van der Waals surface area contributed by atoms with Gasteiger partial charge in [0.05, 0.1) is 11.0 Å². The van der Waals surface area contributed by atoms with Crippen LogP contribution in [-0.4, -0.2) is 34.0 Å². The summed E-state index contributed by atoms with van der Waals surface area (Å²) < 4.78 is 1.86. The van der Waals surface area contributed by atoms with Gasteiger partial charge in [-0.15, -0.1) is 0 Å². The van der Waals surface area contributed by atoms with Crippen molar-refractivity contribution in [3.05, 3.63) is 23.8 Å². The summed E-state index contributed by atoms with van der Waals surface area (Å²) in [4.78, 5) is 18.2. The predicted octanol–water partition coefficient (Wildman–Crippen LogP) is 1.33. The fourth-order valence-electron chi connectivity index (χ4n) is 2.60. The van der Waals surface area contributed by atoms with E-state index in [-0.39, 0.29) is 11.9 Å². The zero-order chi connectivity index (χ0) is 12.9. The zero-order valence-corrected chi connectivity index (χ0v) is 10.6. The minimum Gasteiger partial charge on any atom is -0.369 e. The smallest absolute Gasteiger partial charge is 0.245 e. The van der Waals surface area contributed by atoms with Crippen LogP contribution in [0.1, 0.15) is 18.0 Å². The van der Waals surface area contributed by atoms with E-state index in [4.69, 9.17) is 5.73 Å². The molecule has 1 aromatic heterocycles. The maximum Gasteiger partial charge on any atom is 0.245 e. The van der Waals surface area contributed by atoms with Crippen LogP contribution in [0.3, 0.4) is 0 Å². The second-order valence-electron chi connectivity index (χ2n) is 4.90. The second kappa shape index (κ2) is 3.73. The Kier molecular flexibility index (Phi) is 2.29. The Labute approximate surface area is 105 Å². The predicted molar refractivity (Wildman–Crippen MR) is 70.2 cm³/mol. The first-order valence-electron chi connectivity index (χ1n) is 6.07. The normalized spacial score (nSPS) is 20.0. The lowest BCUT2D eigenvalue weighted by Gasteiger charge is -2.14. The largest absolute Gasteiger partial charge is 0.369 e. The number of likely N-dealkylation sites (tertiary alicyclic amines) is 1. The van der Waals surface area contributed by atoms with Crippen LogP contribution in [0.15, 0.2) is 18.2 Å². The molecule has 2 heterocycles. The summed E-state index contributed by atoms with van der Waals surface area (Å²) in [6, 6.07) is 5.79. The second-order valence-corrected chi connectivity index (χ2v) is 4.90. The van der Waals surface area contributed by atoms with Crippen LogP contribution < -0.4 is 5.73 Å². The Balaban J connectivity index is 2.17. The van der Waals surface area contributed by atoms with Crippen LogP contribution in [0.2, 0.25) is 0 Å². The van der Waals surface area contributed by atoms with Crippen molar-refractivity contribution >= 4 is 22.9 Å². The first kappa shape index (κ1) is 11.1. The highest BCUT2D eigenvalue weighted by molar-refractivity contribution is 5.87. The first-order chi connectivity index (χ1) is 8.58. The molecule has 0 bridgehead atoms. The molecule has 1 aliphatic rings. The molecule has 94 valence electrons. The number of rotatable bonds is 1. The van der Waals surface area contributed by atoms with Crippen molar-refractivity contribution in [3.63, 3.8) is 0 Å². The van der Waals surface area contributed by atoms with E-state index in [1.54, 1.807) is 4.90 Å². The van der Waals surface area contributed by atoms with Gasteiger partial charge >= 0.3 is 0 Å². The molecule has 0 radical (unpaired) electrons. The number of benzene rings is 1. The standard InChI is InChI=1S/C13H16N4O/c1-8-3-4-10-9(7-8)15-13(14)17(10)11-5-6-16(2)12(11)18/h3-4,7,11H,5-6H2,1-2H3,(H2,14,15). The third-order valence-corrected chi connectivity index (χ3v) is 3.58. The topological polar surface area (TPSA) is 64.2 Å². The highest BCUT2D eigenvalue weighted by Gasteiger charge is 2.32. The summed E-state index contributed by atoms with van der Waals surface area (Å²) in [6.45, 7) is 2.79. The fourth-order valence-corrected chi connectivity index (χ4v) is 2.60. The Morgan fingerprint density at radius 1 is 1.44 bits per heavy atom. The number of amides is 1. The zero-order valence-electron chi connectivity index (χ0n) is 10.6. The van der Waals surface area contributed by atoms with Crippen molar-refractivity contribution in [2.45, 2.75) is 19.4 Å². The maximum absolute atomic E-state index is 12.1. The number of nitrogens with two attached hydrogens (primary N) is 1.